The van der Waals surface area contributed by atoms with Crippen molar-refractivity contribution in [3.05, 3.63) is 16.9 Å². The van der Waals surface area contributed by atoms with Crippen molar-refractivity contribution in [2.24, 2.45) is 5.92 Å². The molecule has 0 aromatic heterocycles. The molecule has 4 N–H and O–H groups in total. The Hall–Kier alpha value is -1.16. The van der Waals surface area contributed by atoms with E-state index in [0.29, 0.717) is 5.92 Å². The molecule has 1 aliphatic rings. The van der Waals surface area contributed by atoms with Crippen LogP contribution in [0.15, 0.2) is 6.07 Å². The Morgan fingerprint density at radius 2 is 2.00 bits per heavy atom. The zero-order valence-corrected chi connectivity index (χ0v) is 11.8. The fourth-order valence-corrected chi connectivity index (χ4v) is 2.86. The highest BCUT2D eigenvalue weighted by Crippen LogP contribution is 2.38. The van der Waals surface area contributed by atoms with Gasteiger partial charge >= 0.3 is 0 Å². The molecule has 0 bridgehead atoms. The molecule has 3 nitrogen and oxygen atoms in total. The third-order valence-corrected chi connectivity index (χ3v) is 4.24. The normalized spacial score (nSPS) is 23.3. The Bertz CT molecular complexity index is 467. The Balaban J connectivity index is 2.25. The van der Waals surface area contributed by atoms with E-state index in [9.17, 15) is 4.39 Å². The minimum Gasteiger partial charge on any atom is -0.485 e. The Kier molecular flexibility index (Phi) is 4.40. The molecule has 0 heterocycles. The number of ether oxygens (including phenoxy) is 1. The maximum absolute atomic E-state index is 14.1. The highest BCUT2D eigenvalue weighted by Gasteiger charge is 2.27. The Morgan fingerprint density at radius 3 is 2.68 bits per heavy atom. The van der Waals surface area contributed by atoms with Crippen LogP contribution in [0.4, 0.5) is 15.8 Å². The van der Waals surface area contributed by atoms with Gasteiger partial charge in [0, 0.05) is 0 Å². The Morgan fingerprint density at radius 1 is 1.32 bits per heavy atom. The van der Waals surface area contributed by atoms with Crippen molar-refractivity contribution < 1.29 is 9.13 Å². The number of nitrogen functional groups attached to an aromatic ring is 2. The van der Waals surface area contributed by atoms with Crippen molar-refractivity contribution in [1.29, 1.82) is 0 Å². The van der Waals surface area contributed by atoms with E-state index in [-0.39, 0.29) is 28.3 Å². The summed E-state index contributed by atoms with van der Waals surface area (Å²) in [6.07, 6.45) is 5.39. The zero-order chi connectivity index (χ0) is 14.0. The summed E-state index contributed by atoms with van der Waals surface area (Å²) in [4.78, 5) is 0. The molecule has 2 unspecified atom stereocenters. The van der Waals surface area contributed by atoms with Gasteiger partial charge in [-0.25, -0.2) is 4.39 Å². The predicted octanol–water partition coefficient (Wildman–Crippen LogP) is 3.99. The third-order valence-electron chi connectivity index (χ3n) is 3.85. The predicted molar refractivity (Wildman–Crippen MR) is 76.9 cm³/mol. The van der Waals surface area contributed by atoms with Crippen LogP contribution >= 0.6 is 11.6 Å². The number of hydrogen-bond acceptors (Lipinski definition) is 3. The van der Waals surface area contributed by atoms with E-state index in [4.69, 9.17) is 27.8 Å². The van der Waals surface area contributed by atoms with Gasteiger partial charge in [0.05, 0.1) is 11.4 Å². The number of halogens is 2. The van der Waals surface area contributed by atoms with Crippen LogP contribution in [0.1, 0.15) is 39.0 Å². The molecule has 1 saturated carbocycles. The first kappa shape index (κ1) is 14.3. The molecular formula is C14H20ClFN2O. The summed E-state index contributed by atoms with van der Waals surface area (Å²) >= 11 is 5.81. The standard InChI is InChI=1S/C14H20ClFN2O/c1-2-8-5-3-4-6-11(8)19-14-10(18)7-9(17)12(15)13(14)16/h7-8,11H,2-6,17-18H2,1H3. The minimum atomic E-state index is -0.653. The van der Waals surface area contributed by atoms with E-state index in [0.717, 1.165) is 25.7 Å². The molecule has 1 aromatic carbocycles. The van der Waals surface area contributed by atoms with Gasteiger partial charge in [-0.1, -0.05) is 24.9 Å². The molecule has 2 atom stereocenters. The highest BCUT2D eigenvalue weighted by molar-refractivity contribution is 6.33. The third kappa shape index (κ3) is 2.89. The van der Waals surface area contributed by atoms with Crippen molar-refractivity contribution in [3.63, 3.8) is 0 Å². The lowest BCUT2D eigenvalue weighted by atomic mass is 9.85. The summed E-state index contributed by atoms with van der Waals surface area (Å²) in [5.41, 5.74) is 11.7. The second kappa shape index (κ2) is 5.87. The molecule has 1 fully saturated rings. The first-order valence-corrected chi connectivity index (χ1v) is 7.12. The maximum atomic E-state index is 14.1. The van der Waals surface area contributed by atoms with E-state index in [1.54, 1.807) is 0 Å². The van der Waals surface area contributed by atoms with Crippen LogP contribution in [0.25, 0.3) is 0 Å². The summed E-state index contributed by atoms with van der Waals surface area (Å²) in [6.45, 7) is 2.13. The van der Waals surface area contributed by atoms with Gasteiger partial charge in [0.2, 0.25) is 0 Å². The van der Waals surface area contributed by atoms with Crippen LogP contribution in [0.2, 0.25) is 5.02 Å². The van der Waals surface area contributed by atoms with Crippen molar-refractivity contribution in [2.75, 3.05) is 11.5 Å². The van der Waals surface area contributed by atoms with Gasteiger partial charge in [0.15, 0.2) is 11.6 Å². The Labute approximate surface area is 118 Å². The number of benzene rings is 1. The molecule has 0 spiro atoms. The van der Waals surface area contributed by atoms with Crippen LogP contribution in [-0.4, -0.2) is 6.10 Å². The molecule has 1 aliphatic carbocycles. The molecule has 0 aliphatic heterocycles. The molecule has 19 heavy (non-hydrogen) atoms. The lowest BCUT2D eigenvalue weighted by Crippen LogP contribution is -2.30. The summed E-state index contributed by atoms with van der Waals surface area (Å²) in [5, 5.41) is -0.118. The number of hydrogen-bond donors (Lipinski definition) is 2. The van der Waals surface area contributed by atoms with E-state index in [1.165, 1.54) is 12.5 Å². The fourth-order valence-electron chi connectivity index (χ4n) is 2.72. The lowest BCUT2D eigenvalue weighted by molar-refractivity contribution is 0.0871. The molecule has 2 rings (SSSR count). The van der Waals surface area contributed by atoms with Gasteiger partial charge in [0.25, 0.3) is 0 Å². The van der Waals surface area contributed by atoms with Gasteiger partial charge < -0.3 is 16.2 Å². The van der Waals surface area contributed by atoms with Crippen LogP contribution in [0.5, 0.6) is 5.75 Å². The smallest absolute Gasteiger partial charge is 0.187 e. The summed E-state index contributed by atoms with van der Waals surface area (Å²) in [7, 11) is 0. The van der Waals surface area contributed by atoms with Gasteiger partial charge in [-0.2, -0.15) is 0 Å². The topological polar surface area (TPSA) is 61.3 Å². The van der Waals surface area contributed by atoms with E-state index in [2.05, 4.69) is 6.92 Å². The quantitative estimate of drug-likeness (QED) is 0.826. The van der Waals surface area contributed by atoms with E-state index >= 15 is 0 Å². The van der Waals surface area contributed by atoms with Crippen LogP contribution in [0, 0.1) is 11.7 Å². The summed E-state index contributed by atoms with van der Waals surface area (Å²) in [5.74, 6) is -0.159. The van der Waals surface area contributed by atoms with Gasteiger partial charge in [-0.3, -0.25) is 0 Å². The minimum absolute atomic E-state index is 0.00948. The first-order chi connectivity index (χ1) is 9.04. The van der Waals surface area contributed by atoms with Crippen molar-refractivity contribution in [1.82, 2.24) is 0 Å². The average Bonchev–Trinajstić information content (AvgIpc) is 2.41. The second-order valence-electron chi connectivity index (χ2n) is 5.12. The monoisotopic (exact) mass is 286 g/mol. The van der Waals surface area contributed by atoms with Crippen molar-refractivity contribution in [2.45, 2.75) is 45.1 Å². The van der Waals surface area contributed by atoms with E-state index < -0.39 is 5.82 Å². The molecule has 0 saturated heterocycles. The lowest BCUT2D eigenvalue weighted by Gasteiger charge is -2.31. The first-order valence-electron chi connectivity index (χ1n) is 6.74. The summed E-state index contributed by atoms with van der Waals surface area (Å²) in [6, 6.07) is 1.45. The van der Waals surface area contributed by atoms with Crippen molar-refractivity contribution in [3.8, 4) is 5.75 Å². The zero-order valence-electron chi connectivity index (χ0n) is 11.1. The number of anilines is 2. The molecule has 0 amide bonds. The van der Waals surface area contributed by atoms with Gasteiger partial charge in [0.1, 0.15) is 11.1 Å². The summed E-state index contributed by atoms with van der Waals surface area (Å²) < 4.78 is 19.9. The van der Waals surface area contributed by atoms with Crippen LogP contribution < -0.4 is 16.2 Å². The van der Waals surface area contributed by atoms with Gasteiger partial charge in [-0.05, 0) is 37.7 Å². The molecule has 106 valence electrons. The molecule has 1 aromatic rings. The fraction of sp³-hybridized carbons (Fsp3) is 0.571. The SMILES string of the molecule is CCC1CCCCC1Oc1c(N)cc(N)c(Cl)c1F. The number of rotatable bonds is 3. The molecular weight excluding hydrogens is 267 g/mol. The van der Waals surface area contributed by atoms with E-state index in [1.807, 2.05) is 0 Å². The van der Waals surface area contributed by atoms with Crippen molar-refractivity contribution >= 4 is 23.0 Å². The van der Waals surface area contributed by atoms with Crippen LogP contribution in [-0.2, 0) is 0 Å². The highest BCUT2D eigenvalue weighted by atomic mass is 35.5. The number of nitrogens with two attached hydrogens (primary N) is 2. The maximum Gasteiger partial charge on any atom is 0.187 e. The average molecular weight is 287 g/mol. The molecule has 5 heteroatoms. The van der Waals surface area contributed by atoms with Gasteiger partial charge in [-0.15, -0.1) is 0 Å². The molecule has 0 radical (unpaired) electrons. The largest absolute Gasteiger partial charge is 0.485 e. The van der Waals surface area contributed by atoms with Crippen LogP contribution in [0.3, 0.4) is 0 Å². The second-order valence-corrected chi connectivity index (χ2v) is 5.50.